The Morgan fingerprint density at radius 2 is 1.66 bits per heavy atom. The number of amides is 1. The van der Waals surface area contributed by atoms with E-state index >= 15 is 0 Å². The fourth-order valence-corrected chi connectivity index (χ4v) is 5.08. The topological polar surface area (TPSA) is 102 Å². The number of hydrogen-bond donors (Lipinski definition) is 1. The van der Waals surface area contributed by atoms with Crippen molar-refractivity contribution in [3.8, 4) is 12.1 Å². The lowest BCUT2D eigenvalue weighted by Crippen LogP contribution is -2.51. The van der Waals surface area contributed by atoms with Gasteiger partial charge in [-0.15, -0.1) is 0 Å². The van der Waals surface area contributed by atoms with Gasteiger partial charge in [-0.25, -0.2) is 14.4 Å². The highest BCUT2D eigenvalue weighted by Gasteiger charge is 2.73. The minimum absolute atomic E-state index is 0.00213. The summed E-state index contributed by atoms with van der Waals surface area (Å²) in [6, 6.07) is 9.85. The van der Waals surface area contributed by atoms with E-state index in [0.717, 1.165) is 12.0 Å². The van der Waals surface area contributed by atoms with Gasteiger partial charge in [0.2, 0.25) is 5.91 Å². The minimum atomic E-state index is -0.941. The first-order valence-corrected chi connectivity index (χ1v) is 9.47. The Kier molecular flexibility index (Phi) is 3.99. The van der Waals surface area contributed by atoms with Crippen molar-refractivity contribution in [2.45, 2.75) is 51.0 Å². The SMILES string of the molecule is CC12CCC(C(=O)NCc3ccc(F)cc3)(c3nc(C#N)c(C#N)nc31)C2(C)C. The van der Waals surface area contributed by atoms with E-state index in [9.17, 15) is 19.7 Å². The van der Waals surface area contributed by atoms with Gasteiger partial charge in [0.15, 0.2) is 11.4 Å². The van der Waals surface area contributed by atoms with E-state index in [-0.39, 0.29) is 29.7 Å². The predicted octanol–water partition coefficient (Wildman–Crippen LogP) is 3.00. The lowest BCUT2D eigenvalue weighted by atomic mass is 9.63. The molecule has 1 N–H and O–H groups in total. The van der Waals surface area contributed by atoms with Crippen LogP contribution in [0.15, 0.2) is 24.3 Å². The van der Waals surface area contributed by atoms with Gasteiger partial charge in [0, 0.05) is 12.0 Å². The molecule has 1 aromatic carbocycles. The highest BCUT2D eigenvalue weighted by atomic mass is 19.1. The van der Waals surface area contributed by atoms with E-state index in [4.69, 9.17) is 0 Å². The molecule has 7 heteroatoms. The largest absolute Gasteiger partial charge is 0.351 e. The van der Waals surface area contributed by atoms with Crippen molar-refractivity contribution >= 4 is 5.91 Å². The molecule has 0 aliphatic heterocycles. The molecule has 2 bridgehead atoms. The van der Waals surface area contributed by atoms with Crippen molar-refractivity contribution in [2.24, 2.45) is 5.41 Å². The number of nitrogens with one attached hydrogen (secondary N) is 1. The second kappa shape index (κ2) is 6.09. The number of halogens is 1. The van der Waals surface area contributed by atoms with Gasteiger partial charge in [-0.2, -0.15) is 10.5 Å². The molecule has 1 saturated carbocycles. The minimum Gasteiger partial charge on any atom is -0.351 e. The molecule has 0 spiro atoms. The summed E-state index contributed by atoms with van der Waals surface area (Å²) in [7, 11) is 0. The summed E-state index contributed by atoms with van der Waals surface area (Å²) in [5, 5.41) is 21.7. The summed E-state index contributed by atoms with van der Waals surface area (Å²) in [6.45, 7) is 6.37. The maximum atomic E-state index is 13.5. The van der Waals surface area contributed by atoms with Crippen LogP contribution in [0.1, 0.15) is 62.0 Å². The lowest BCUT2D eigenvalue weighted by molar-refractivity contribution is -0.130. The molecule has 1 fully saturated rings. The van der Waals surface area contributed by atoms with E-state index in [1.54, 1.807) is 12.1 Å². The summed E-state index contributed by atoms with van der Waals surface area (Å²) in [5.41, 5.74) is 0.00443. The van der Waals surface area contributed by atoms with Gasteiger partial charge in [0.1, 0.15) is 18.0 Å². The fraction of sp³-hybridized carbons (Fsp3) is 0.409. The third-order valence-corrected chi connectivity index (χ3v) is 7.23. The highest BCUT2D eigenvalue weighted by molar-refractivity contribution is 5.92. The molecule has 4 rings (SSSR count). The first kappa shape index (κ1) is 19.0. The monoisotopic (exact) mass is 389 g/mol. The Hall–Kier alpha value is -3.32. The average Bonchev–Trinajstić information content (AvgIpc) is 3.01. The van der Waals surface area contributed by atoms with Crippen LogP contribution in [0.4, 0.5) is 4.39 Å². The van der Waals surface area contributed by atoms with Crippen LogP contribution < -0.4 is 5.32 Å². The number of fused-ring (bicyclic) bond motifs is 5. The molecule has 2 aromatic rings. The fourth-order valence-electron chi connectivity index (χ4n) is 5.08. The molecule has 6 nitrogen and oxygen atoms in total. The zero-order valence-electron chi connectivity index (χ0n) is 16.5. The van der Waals surface area contributed by atoms with E-state index in [1.807, 2.05) is 26.0 Å². The number of hydrogen-bond acceptors (Lipinski definition) is 5. The molecule has 2 atom stereocenters. The summed E-state index contributed by atoms with van der Waals surface area (Å²) in [4.78, 5) is 22.5. The van der Waals surface area contributed by atoms with Crippen LogP contribution in [-0.4, -0.2) is 15.9 Å². The number of carbonyl (C=O) groups is 1. The molecule has 146 valence electrons. The summed E-state index contributed by atoms with van der Waals surface area (Å²) in [6.07, 6.45) is 1.33. The van der Waals surface area contributed by atoms with Crippen LogP contribution in [-0.2, 0) is 22.2 Å². The van der Waals surface area contributed by atoms with Crippen molar-refractivity contribution in [3.05, 3.63) is 58.4 Å². The molecule has 1 amide bonds. The van der Waals surface area contributed by atoms with Crippen molar-refractivity contribution in [3.63, 3.8) is 0 Å². The predicted molar refractivity (Wildman–Crippen MR) is 102 cm³/mol. The number of nitriles is 2. The number of aromatic nitrogens is 2. The van der Waals surface area contributed by atoms with Gasteiger partial charge in [0.25, 0.3) is 0 Å². The zero-order chi connectivity index (χ0) is 21.0. The summed E-state index contributed by atoms with van der Waals surface area (Å²) in [5.74, 6) is -0.513. The van der Waals surface area contributed by atoms with Crippen LogP contribution in [0.25, 0.3) is 0 Å². The molecule has 1 heterocycles. The summed E-state index contributed by atoms with van der Waals surface area (Å²) >= 11 is 0. The molecule has 0 saturated heterocycles. The second-order valence-electron chi connectivity index (χ2n) is 8.51. The van der Waals surface area contributed by atoms with Crippen LogP contribution in [0.2, 0.25) is 0 Å². The Morgan fingerprint density at radius 3 is 2.24 bits per heavy atom. The average molecular weight is 389 g/mol. The number of nitrogens with zero attached hydrogens (tertiary/aromatic N) is 4. The molecule has 2 unspecified atom stereocenters. The van der Waals surface area contributed by atoms with Gasteiger partial charge in [-0.1, -0.05) is 32.9 Å². The molecular weight excluding hydrogens is 369 g/mol. The quantitative estimate of drug-likeness (QED) is 0.869. The molecule has 0 radical (unpaired) electrons. The Morgan fingerprint density at radius 1 is 1.07 bits per heavy atom. The summed E-state index contributed by atoms with van der Waals surface area (Å²) < 4.78 is 13.1. The first-order chi connectivity index (χ1) is 13.7. The maximum absolute atomic E-state index is 13.5. The van der Waals surface area contributed by atoms with E-state index in [0.29, 0.717) is 17.8 Å². The van der Waals surface area contributed by atoms with Crippen molar-refractivity contribution in [1.29, 1.82) is 10.5 Å². The van der Waals surface area contributed by atoms with Crippen LogP contribution in [0.3, 0.4) is 0 Å². The molecule has 29 heavy (non-hydrogen) atoms. The van der Waals surface area contributed by atoms with Crippen molar-refractivity contribution in [1.82, 2.24) is 15.3 Å². The van der Waals surface area contributed by atoms with Gasteiger partial charge in [0.05, 0.1) is 16.8 Å². The third-order valence-electron chi connectivity index (χ3n) is 7.23. The zero-order valence-corrected chi connectivity index (χ0v) is 16.5. The molecular formula is C22H20FN5O. The number of benzene rings is 1. The first-order valence-electron chi connectivity index (χ1n) is 9.47. The maximum Gasteiger partial charge on any atom is 0.233 e. The Labute approximate surface area is 168 Å². The van der Waals surface area contributed by atoms with Gasteiger partial charge < -0.3 is 5.32 Å². The molecule has 1 aromatic heterocycles. The van der Waals surface area contributed by atoms with Crippen LogP contribution in [0, 0.1) is 33.9 Å². The normalized spacial score (nSPS) is 25.7. The smallest absolute Gasteiger partial charge is 0.233 e. The standard InChI is InChI=1S/C22H20FN5O/c1-20(2)21(3)8-9-22(20,18-17(21)27-15(10-24)16(11-25)28-18)19(29)26-12-13-4-6-14(23)7-5-13/h4-7H,8-9,12H2,1-3H3,(H,26,29). The lowest BCUT2D eigenvalue weighted by Gasteiger charge is -2.39. The van der Waals surface area contributed by atoms with Crippen LogP contribution >= 0.6 is 0 Å². The van der Waals surface area contributed by atoms with Gasteiger partial charge in [-0.3, -0.25) is 4.79 Å². The third kappa shape index (κ3) is 2.28. The van der Waals surface area contributed by atoms with E-state index in [1.165, 1.54) is 12.1 Å². The molecule has 2 aliphatic carbocycles. The van der Waals surface area contributed by atoms with E-state index in [2.05, 4.69) is 22.2 Å². The molecule has 2 aliphatic rings. The van der Waals surface area contributed by atoms with E-state index < -0.39 is 16.2 Å². The number of carbonyl (C=O) groups excluding carboxylic acids is 1. The number of rotatable bonds is 3. The van der Waals surface area contributed by atoms with Crippen molar-refractivity contribution < 1.29 is 9.18 Å². The Bertz CT molecular complexity index is 1110. The van der Waals surface area contributed by atoms with Crippen molar-refractivity contribution in [2.75, 3.05) is 0 Å². The highest BCUT2D eigenvalue weighted by Crippen LogP contribution is 2.70. The second-order valence-corrected chi connectivity index (χ2v) is 8.51. The van der Waals surface area contributed by atoms with Crippen LogP contribution in [0.5, 0.6) is 0 Å². The van der Waals surface area contributed by atoms with Gasteiger partial charge >= 0.3 is 0 Å². The van der Waals surface area contributed by atoms with Gasteiger partial charge in [-0.05, 0) is 36.0 Å². The Balaban J connectivity index is 1.78.